The monoisotopic (exact) mass is 379 g/mol. The smallest absolute Gasteiger partial charge is 0.329 e. The van der Waals surface area contributed by atoms with Crippen LogP contribution in [0.1, 0.15) is 11.3 Å². The zero-order valence-electron chi connectivity index (χ0n) is 12.2. The number of halogens is 1. The summed E-state index contributed by atoms with van der Waals surface area (Å²) in [6.45, 7) is 0.127. The van der Waals surface area contributed by atoms with Gasteiger partial charge in [-0.2, -0.15) is 5.10 Å². The summed E-state index contributed by atoms with van der Waals surface area (Å²) in [5.41, 5.74) is 2.80. The van der Waals surface area contributed by atoms with Crippen molar-refractivity contribution in [2.24, 2.45) is 5.10 Å². The van der Waals surface area contributed by atoms with Gasteiger partial charge in [-0.25, -0.2) is 5.43 Å². The average molecular weight is 380 g/mol. The van der Waals surface area contributed by atoms with Gasteiger partial charge in [-0.15, -0.1) is 0 Å². The molecule has 1 aromatic heterocycles. The minimum atomic E-state index is -0.873. The topological polar surface area (TPSA) is 92.9 Å². The highest BCUT2D eigenvalue weighted by atomic mass is 79.9. The Hall–Kier alpha value is -2.61. The van der Waals surface area contributed by atoms with E-state index in [1.54, 1.807) is 24.3 Å². The van der Waals surface area contributed by atoms with E-state index in [2.05, 4.69) is 31.8 Å². The Balaban J connectivity index is 1.88. The van der Waals surface area contributed by atoms with Crippen molar-refractivity contribution in [1.29, 1.82) is 0 Å². The van der Waals surface area contributed by atoms with Gasteiger partial charge in [0.1, 0.15) is 11.5 Å². The van der Waals surface area contributed by atoms with Gasteiger partial charge in [0.25, 0.3) is 0 Å². The number of hydrogen-bond acceptors (Lipinski definition) is 5. The van der Waals surface area contributed by atoms with Crippen LogP contribution >= 0.6 is 15.9 Å². The van der Waals surface area contributed by atoms with Gasteiger partial charge in [-0.1, -0.05) is 15.9 Å². The zero-order valence-corrected chi connectivity index (χ0v) is 13.8. The van der Waals surface area contributed by atoms with Gasteiger partial charge in [0.05, 0.1) is 26.1 Å². The third kappa shape index (κ3) is 4.96. The number of furan rings is 1. The fraction of sp³-hybridized carbons (Fsp3) is 0.133. The molecule has 0 unspecified atom stereocenters. The van der Waals surface area contributed by atoms with Crippen molar-refractivity contribution in [2.75, 3.05) is 7.11 Å². The molecule has 2 N–H and O–H groups in total. The highest BCUT2D eigenvalue weighted by molar-refractivity contribution is 9.10. The van der Waals surface area contributed by atoms with Gasteiger partial charge < -0.3 is 14.5 Å². The lowest BCUT2D eigenvalue weighted by Crippen LogP contribution is -2.37. The van der Waals surface area contributed by atoms with E-state index in [1.807, 2.05) is 6.07 Å². The Morgan fingerprint density at radius 1 is 1.35 bits per heavy atom. The van der Waals surface area contributed by atoms with Crippen LogP contribution < -0.4 is 15.5 Å². The van der Waals surface area contributed by atoms with Crippen molar-refractivity contribution in [2.45, 2.75) is 6.54 Å². The van der Waals surface area contributed by atoms with E-state index in [1.165, 1.54) is 19.6 Å². The van der Waals surface area contributed by atoms with Crippen molar-refractivity contribution in [3.63, 3.8) is 0 Å². The zero-order chi connectivity index (χ0) is 16.7. The molecule has 0 aliphatic heterocycles. The Morgan fingerprint density at radius 2 is 2.17 bits per heavy atom. The number of carbonyl (C=O) groups is 2. The average Bonchev–Trinajstić information content (AvgIpc) is 3.06. The summed E-state index contributed by atoms with van der Waals surface area (Å²) in [5, 5.41) is 6.16. The number of carbonyl (C=O) groups excluding carboxylic acids is 2. The van der Waals surface area contributed by atoms with Gasteiger partial charge in [-0.05, 0) is 30.3 Å². The van der Waals surface area contributed by atoms with Crippen LogP contribution in [0.2, 0.25) is 0 Å². The molecule has 7 nitrogen and oxygen atoms in total. The Labute approximate surface area is 140 Å². The number of amides is 2. The van der Waals surface area contributed by atoms with E-state index in [0.29, 0.717) is 17.1 Å². The number of benzene rings is 1. The van der Waals surface area contributed by atoms with E-state index in [0.717, 1.165) is 4.47 Å². The Morgan fingerprint density at radius 3 is 2.87 bits per heavy atom. The lowest BCUT2D eigenvalue weighted by Gasteiger charge is -2.05. The van der Waals surface area contributed by atoms with Crippen LogP contribution in [0.5, 0.6) is 5.75 Å². The van der Waals surface area contributed by atoms with E-state index < -0.39 is 11.8 Å². The summed E-state index contributed by atoms with van der Waals surface area (Å²) in [6, 6.07) is 8.72. The first-order valence-corrected chi connectivity index (χ1v) is 7.36. The standard InChI is InChI=1S/C15H14BrN3O4/c1-22-13-5-4-11(16)7-10(13)8-18-19-15(21)14(20)17-9-12-3-2-6-23-12/h2-8H,9H2,1H3,(H,17,20)(H,19,21)/b18-8+. The number of rotatable bonds is 5. The number of hydrogen-bond donors (Lipinski definition) is 2. The molecule has 0 saturated heterocycles. The first-order chi connectivity index (χ1) is 11.1. The maximum Gasteiger partial charge on any atom is 0.329 e. The van der Waals surface area contributed by atoms with Gasteiger partial charge in [0, 0.05) is 10.0 Å². The first kappa shape index (κ1) is 16.8. The van der Waals surface area contributed by atoms with Crippen LogP contribution in [0.15, 0.2) is 50.6 Å². The van der Waals surface area contributed by atoms with E-state index in [-0.39, 0.29) is 6.54 Å². The molecule has 0 bridgehead atoms. The van der Waals surface area contributed by atoms with Crippen LogP contribution in [-0.4, -0.2) is 25.1 Å². The maximum atomic E-state index is 11.6. The van der Waals surface area contributed by atoms with Gasteiger partial charge in [-0.3, -0.25) is 9.59 Å². The summed E-state index contributed by atoms with van der Waals surface area (Å²) in [7, 11) is 1.53. The second kappa shape index (κ2) is 8.14. The molecule has 0 radical (unpaired) electrons. The molecule has 2 amide bonds. The third-order valence-corrected chi connectivity index (χ3v) is 3.26. The van der Waals surface area contributed by atoms with Gasteiger partial charge in [0.15, 0.2) is 0 Å². The van der Waals surface area contributed by atoms with Crippen LogP contribution in [0.3, 0.4) is 0 Å². The van der Waals surface area contributed by atoms with Gasteiger partial charge >= 0.3 is 11.8 Å². The van der Waals surface area contributed by atoms with Crippen LogP contribution in [-0.2, 0) is 16.1 Å². The minimum Gasteiger partial charge on any atom is -0.496 e. The van der Waals surface area contributed by atoms with E-state index in [4.69, 9.17) is 9.15 Å². The van der Waals surface area contributed by atoms with Crippen molar-refractivity contribution < 1.29 is 18.7 Å². The van der Waals surface area contributed by atoms with Crippen molar-refractivity contribution in [3.05, 3.63) is 52.4 Å². The van der Waals surface area contributed by atoms with E-state index >= 15 is 0 Å². The van der Waals surface area contributed by atoms with Gasteiger partial charge in [0.2, 0.25) is 0 Å². The Bertz CT molecular complexity index is 714. The molecule has 0 fully saturated rings. The maximum absolute atomic E-state index is 11.6. The summed E-state index contributed by atoms with van der Waals surface area (Å²) >= 11 is 3.33. The summed E-state index contributed by atoms with van der Waals surface area (Å²) in [5.74, 6) is -0.538. The molecule has 0 atom stereocenters. The molecule has 120 valence electrons. The number of methoxy groups -OCH3 is 1. The number of hydrazone groups is 1. The SMILES string of the molecule is COc1ccc(Br)cc1/C=N/NC(=O)C(=O)NCc1ccco1. The van der Waals surface area contributed by atoms with Crippen LogP contribution in [0.25, 0.3) is 0 Å². The highest BCUT2D eigenvalue weighted by Gasteiger charge is 2.12. The fourth-order valence-corrected chi connectivity index (χ4v) is 2.06. The molecule has 0 aliphatic carbocycles. The molecule has 1 aromatic carbocycles. The molecule has 1 heterocycles. The largest absolute Gasteiger partial charge is 0.496 e. The van der Waals surface area contributed by atoms with Crippen molar-refractivity contribution in [3.8, 4) is 5.75 Å². The molecule has 23 heavy (non-hydrogen) atoms. The molecule has 8 heteroatoms. The van der Waals surface area contributed by atoms with Crippen molar-refractivity contribution in [1.82, 2.24) is 10.7 Å². The lowest BCUT2D eigenvalue weighted by molar-refractivity contribution is -0.139. The van der Waals surface area contributed by atoms with Crippen LogP contribution in [0, 0.1) is 0 Å². The molecular formula is C15H14BrN3O4. The predicted molar refractivity (Wildman–Crippen MR) is 87.0 cm³/mol. The number of ether oxygens (including phenoxy) is 1. The second-order valence-corrected chi connectivity index (χ2v) is 5.26. The van der Waals surface area contributed by atoms with Crippen molar-refractivity contribution >= 4 is 34.0 Å². The quantitative estimate of drug-likeness (QED) is 0.470. The third-order valence-electron chi connectivity index (χ3n) is 2.77. The normalized spacial score (nSPS) is 10.5. The van der Waals surface area contributed by atoms with E-state index in [9.17, 15) is 9.59 Å². The number of nitrogens with zero attached hydrogens (tertiary/aromatic N) is 1. The summed E-state index contributed by atoms with van der Waals surface area (Å²) < 4.78 is 11.1. The first-order valence-electron chi connectivity index (χ1n) is 6.57. The molecular weight excluding hydrogens is 366 g/mol. The highest BCUT2D eigenvalue weighted by Crippen LogP contribution is 2.21. The summed E-state index contributed by atoms with van der Waals surface area (Å²) in [6.07, 6.45) is 2.87. The molecule has 0 spiro atoms. The van der Waals surface area contributed by atoms with Crippen LogP contribution in [0.4, 0.5) is 0 Å². The minimum absolute atomic E-state index is 0.127. The second-order valence-electron chi connectivity index (χ2n) is 4.35. The lowest BCUT2D eigenvalue weighted by atomic mass is 10.2. The molecule has 2 aromatic rings. The molecule has 0 saturated carbocycles. The fourth-order valence-electron chi connectivity index (χ4n) is 1.68. The summed E-state index contributed by atoms with van der Waals surface area (Å²) in [4.78, 5) is 23.2. The Kier molecular flexibility index (Phi) is 5.93. The molecule has 2 rings (SSSR count). The molecule has 0 aliphatic rings. The predicted octanol–water partition coefficient (Wildman–Crippen LogP) is 1.82. The number of nitrogens with one attached hydrogen (secondary N) is 2.